The minimum absolute atomic E-state index is 0.0740. The summed E-state index contributed by atoms with van der Waals surface area (Å²) in [5, 5.41) is 2.87. The summed E-state index contributed by atoms with van der Waals surface area (Å²) in [6.07, 6.45) is 3.56. The van der Waals surface area contributed by atoms with Crippen molar-refractivity contribution in [2.75, 3.05) is 19.8 Å². The summed E-state index contributed by atoms with van der Waals surface area (Å²) < 4.78 is 16.8. The normalized spacial score (nSPS) is 15.8. The van der Waals surface area contributed by atoms with Crippen LogP contribution in [0.2, 0.25) is 0 Å². The Balaban J connectivity index is 1.49. The smallest absolute Gasteiger partial charge is 0.226 e. The molecular formula is C19H20N2O4. The second-order valence-electron chi connectivity index (χ2n) is 6.12. The highest BCUT2D eigenvalue weighted by molar-refractivity contribution is 6.12. The van der Waals surface area contributed by atoms with Crippen LogP contribution in [0.5, 0.6) is 11.5 Å². The number of nitrogens with zero attached hydrogens (tertiary/aromatic N) is 1. The first-order chi connectivity index (χ1) is 12.3. The molecule has 6 nitrogen and oxygen atoms in total. The maximum absolute atomic E-state index is 12.3. The zero-order chi connectivity index (χ0) is 17.1. The Bertz CT molecular complexity index is 796. The summed E-state index contributed by atoms with van der Waals surface area (Å²) in [5.74, 6) is 2.19. The number of benzene rings is 1. The van der Waals surface area contributed by atoms with E-state index in [2.05, 4.69) is 10.3 Å². The largest absolute Gasteiger partial charge is 0.490 e. The summed E-state index contributed by atoms with van der Waals surface area (Å²) in [6, 6.07) is 7.64. The molecule has 1 aromatic heterocycles. The van der Waals surface area contributed by atoms with Crippen LogP contribution in [-0.2, 0) is 17.8 Å². The molecule has 1 amide bonds. The van der Waals surface area contributed by atoms with Crippen LogP contribution in [0.1, 0.15) is 29.7 Å². The summed E-state index contributed by atoms with van der Waals surface area (Å²) in [5.41, 5.74) is 2.95. The van der Waals surface area contributed by atoms with Gasteiger partial charge >= 0.3 is 0 Å². The number of amides is 1. The lowest BCUT2D eigenvalue weighted by Gasteiger charge is -2.19. The van der Waals surface area contributed by atoms with Crippen LogP contribution >= 0.6 is 0 Å². The highest BCUT2D eigenvalue weighted by Gasteiger charge is 2.21. The number of ether oxygens (including phenoxy) is 2. The molecule has 1 aromatic carbocycles. The van der Waals surface area contributed by atoms with Crippen molar-refractivity contribution in [3.05, 3.63) is 47.4 Å². The molecule has 130 valence electrons. The number of aliphatic imine (C=N–C) groups is 1. The molecule has 4 rings (SSSR count). The Kier molecular flexibility index (Phi) is 4.41. The van der Waals surface area contributed by atoms with Crippen LogP contribution in [0.4, 0.5) is 0 Å². The number of fused-ring (bicyclic) bond motifs is 2. The number of furan rings is 1. The van der Waals surface area contributed by atoms with Gasteiger partial charge in [-0.25, -0.2) is 0 Å². The topological polar surface area (TPSA) is 73.1 Å². The Hall–Kier alpha value is -2.76. The minimum atomic E-state index is -0.0740. The Labute approximate surface area is 145 Å². The molecule has 0 radical (unpaired) electrons. The first kappa shape index (κ1) is 15.7. The lowest BCUT2D eigenvalue weighted by atomic mass is 9.95. The van der Waals surface area contributed by atoms with Gasteiger partial charge in [0.05, 0.1) is 38.2 Å². The Morgan fingerprint density at radius 1 is 1.20 bits per heavy atom. The molecule has 3 heterocycles. The van der Waals surface area contributed by atoms with Crippen molar-refractivity contribution < 1.29 is 18.7 Å². The van der Waals surface area contributed by atoms with Crippen LogP contribution in [0.25, 0.3) is 0 Å². The van der Waals surface area contributed by atoms with Gasteiger partial charge in [-0.2, -0.15) is 0 Å². The van der Waals surface area contributed by atoms with Gasteiger partial charge in [0, 0.05) is 18.5 Å². The molecule has 2 aliphatic rings. The van der Waals surface area contributed by atoms with E-state index in [1.165, 1.54) is 0 Å². The average Bonchev–Trinajstić information content (AvgIpc) is 3.04. The fraction of sp³-hybridized carbons (Fsp3) is 0.368. The van der Waals surface area contributed by atoms with Crippen molar-refractivity contribution >= 4 is 11.6 Å². The first-order valence-electron chi connectivity index (χ1n) is 8.55. The number of carbonyl (C=O) groups is 1. The van der Waals surface area contributed by atoms with E-state index < -0.39 is 0 Å². The zero-order valence-electron chi connectivity index (χ0n) is 13.9. The van der Waals surface area contributed by atoms with Gasteiger partial charge < -0.3 is 19.2 Å². The summed E-state index contributed by atoms with van der Waals surface area (Å²) in [4.78, 5) is 16.8. The lowest BCUT2D eigenvalue weighted by Crippen LogP contribution is -2.27. The van der Waals surface area contributed by atoms with E-state index in [1.807, 2.05) is 18.2 Å². The van der Waals surface area contributed by atoms with Crippen molar-refractivity contribution in [1.29, 1.82) is 0 Å². The third-order valence-corrected chi connectivity index (χ3v) is 4.34. The second kappa shape index (κ2) is 7.01. The monoisotopic (exact) mass is 340 g/mol. The van der Waals surface area contributed by atoms with Gasteiger partial charge in [0.25, 0.3) is 0 Å². The minimum Gasteiger partial charge on any atom is -0.490 e. The van der Waals surface area contributed by atoms with E-state index in [-0.39, 0.29) is 12.3 Å². The SMILES string of the molecule is O=C(CC1=NCCc2cc3c(cc21)OCCCO3)NCc1ccco1. The second-order valence-corrected chi connectivity index (χ2v) is 6.12. The number of nitrogens with one attached hydrogen (secondary N) is 1. The van der Waals surface area contributed by atoms with Crippen molar-refractivity contribution in [3.63, 3.8) is 0 Å². The van der Waals surface area contributed by atoms with Crippen LogP contribution in [0.15, 0.2) is 39.9 Å². The van der Waals surface area contributed by atoms with Crippen molar-refractivity contribution in [1.82, 2.24) is 5.32 Å². The van der Waals surface area contributed by atoms with Crippen LogP contribution in [0, 0.1) is 0 Å². The number of hydrogen-bond donors (Lipinski definition) is 1. The summed E-state index contributed by atoms with van der Waals surface area (Å²) >= 11 is 0. The molecule has 0 spiro atoms. The Morgan fingerprint density at radius 3 is 2.84 bits per heavy atom. The highest BCUT2D eigenvalue weighted by atomic mass is 16.5. The third kappa shape index (κ3) is 3.52. The zero-order valence-corrected chi connectivity index (χ0v) is 13.9. The maximum Gasteiger partial charge on any atom is 0.226 e. The average molecular weight is 340 g/mol. The molecule has 25 heavy (non-hydrogen) atoms. The summed E-state index contributed by atoms with van der Waals surface area (Å²) in [6.45, 7) is 2.38. The highest BCUT2D eigenvalue weighted by Crippen LogP contribution is 2.34. The van der Waals surface area contributed by atoms with Gasteiger partial charge in [0.15, 0.2) is 11.5 Å². The quantitative estimate of drug-likeness (QED) is 0.928. The van der Waals surface area contributed by atoms with Gasteiger partial charge in [-0.1, -0.05) is 0 Å². The predicted molar refractivity (Wildman–Crippen MR) is 92.3 cm³/mol. The molecule has 0 saturated carbocycles. The fourth-order valence-corrected chi connectivity index (χ4v) is 3.09. The molecule has 0 fully saturated rings. The van der Waals surface area contributed by atoms with Gasteiger partial charge in [-0.3, -0.25) is 9.79 Å². The summed E-state index contributed by atoms with van der Waals surface area (Å²) in [7, 11) is 0. The van der Waals surface area contributed by atoms with E-state index in [0.717, 1.165) is 46.9 Å². The van der Waals surface area contributed by atoms with Gasteiger partial charge in [-0.15, -0.1) is 0 Å². The molecule has 0 aliphatic carbocycles. The molecule has 0 atom stereocenters. The van der Waals surface area contributed by atoms with Crippen LogP contribution in [0.3, 0.4) is 0 Å². The molecule has 0 bridgehead atoms. The van der Waals surface area contributed by atoms with Crippen LogP contribution in [-0.4, -0.2) is 31.4 Å². The third-order valence-electron chi connectivity index (χ3n) is 4.34. The van der Waals surface area contributed by atoms with Crippen LogP contribution < -0.4 is 14.8 Å². The molecule has 0 unspecified atom stereocenters. The molecule has 2 aromatic rings. The maximum atomic E-state index is 12.3. The fourth-order valence-electron chi connectivity index (χ4n) is 3.09. The van der Waals surface area contributed by atoms with E-state index >= 15 is 0 Å². The number of carbonyl (C=O) groups excluding carboxylic acids is 1. The lowest BCUT2D eigenvalue weighted by molar-refractivity contribution is -0.120. The van der Waals surface area contributed by atoms with Crippen molar-refractivity contribution in [2.45, 2.75) is 25.8 Å². The van der Waals surface area contributed by atoms with E-state index in [4.69, 9.17) is 13.9 Å². The van der Waals surface area contributed by atoms with Crippen molar-refractivity contribution in [3.8, 4) is 11.5 Å². The van der Waals surface area contributed by atoms with E-state index in [9.17, 15) is 4.79 Å². The standard InChI is InChI=1S/C19H20N2O4/c22-19(21-12-14-3-1-6-23-14)11-16-15-10-18-17(24-7-2-8-25-18)9-13(15)4-5-20-16/h1,3,6,9-10H,2,4-5,7-8,11-12H2,(H,21,22). The number of hydrogen-bond acceptors (Lipinski definition) is 5. The first-order valence-corrected chi connectivity index (χ1v) is 8.55. The molecule has 6 heteroatoms. The van der Waals surface area contributed by atoms with Gasteiger partial charge in [0.2, 0.25) is 5.91 Å². The van der Waals surface area contributed by atoms with Gasteiger partial charge in [-0.05, 0) is 36.2 Å². The molecule has 1 N–H and O–H groups in total. The van der Waals surface area contributed by atoms with Crippen molar-refractivity contribution in [2.24, 2.45) is 4.99 Å². The molecule has 0 saturated heterocycles. The molecular weight excluding hydrogens is 320 g/mol. The Morgan fingerprint density at radius 2 is 2.04 bits per heavy atom. The van der Waals surface area contributed by atoms with E-state index in [0.29, 0.717) is 26.3 Å². The molecule has 2 aliphatic heterocycles. The van der Waals surface area contributed by atoms with Gasteiger partial charge in [0.1, 0.15) is 5.76 Å². The number of rotatable bonds is 4. The van der Waals surface area contributed by atoms with E-state index in [1.54, 1.807) is 12.3 Å². The predicted octanol–water partition coefficient (Wildman–Crippen LogP) is 2.49.